The SMILES string of the molecule is Cn1c(SCCC(=O)O)nc(-c2ccc(F)cc2)c1-c1ccnc(N)c1. The predicted octanol–water partition coefficient (Wildman–Crippen LogP) is 3.44. The van der Waals surface area contributed by atoms with Crippen LogP contribution in [0, 0.1) is 5.82 Å². The monoisotopic (exact) mass is 372 g/mol. The molecule has 0 unspecified atom stereocenters. The number of nitrogen functional groups attached to an aromatic ring is 1. The minimum Gasteiger partial charge on any atom is -0.481 e. The Morgan fingerprint density at radius 2 is 2.00 bits per heavy atom. The van der Waals surface area contributed by atoms with Crippen LogP contribution in [0.25, 0.3) is 22.5 Å². The van der Waals surface area contributed by atoms with Gasteiger partial charge in [0.2, 0.25) is 0 Å². The second-order valence-electron chi connectivity index (χ2n) is 5.62. The summed E-state index contributed by atoms with van der Waals surface area (Å²) in [6.07, 6.45) is 1.66. The van der Waals surface area contributed by atoms with Crippen LogP contribution in [0.3, 0.4) is 0 Å². The Morgan fingerprint density at radius 3 is 2.65 bits per heavy atom. The van der Waals surface area contributed by atoms with Crippen LogP contribution in [0.1, 0.15) is 6.42 Å². The molecule has 3 aromatic rings. The molecule has 6 nitrogen and oxygen atoms in total. The summed E-state index contributed by atoms with van der Waals surface area (Å²) in [5, 5.41) is 9.51. The lowest BCUT2D eigenvalue weighted by Crippen LogP contribution is -1.99. The van der Waals surface area contributed by atoms with Crippen molar-refractivity contribution in [1.29, 1.82) is 0 Å². The summed E-state index contributed by atoms with van der Waals surface area (Å²) < 4.78 is 15.2. The van der Waals surface area contributed by atoms with Crippen LogP contribution in [0.4, 0.5) is 10.2 Å². The Kier molecular flexibility index (Phi) is 5.22. The molecule has 0 aliphatic carbocycles. The zero-order valence-corrected chi connectivity index (χ0v) is 14.8. The molecule has 134 valence electrons. The summed E-state index contributed by atoms with van der Waals surface area (Å²) >= 11 is 1.36. The van der Waals surface area contributed by atoms with E-state index in [0.29, 0.717) is 22.4 Å². The van der Waals surface area contributed by atoms with Gasteiger partial charge < -0.3 is 15.4 Å². The number of pyridine rings is 1. The molecule has 0 spiro atoms. The van der Waals surface area contributed by atoms with E-state index in [1.54, 1.807) is 24.4 Å². The predicted molar refractivity (Wildman–Crippen MR) is 99.2 cm³/mol. The summed E-state index contributed by atoms with van der Waals surface area (Å²) in [4.78, 5) is 19.4. The molecule has 0 aliphatic rings. The highest BCUT2D eigenvalue weighted by Gasteiger charge is 2.19. The van der Waals surface area contributed by atoms with Crippen LogP contribution in [-0.4, -0.2) is 31.4 Å². The van der Waals surface area contributed by atoms with E-state index in [-0.39, 0.29) is 12.2 Å². The maximum absolute atomic E-state index is 13.3. The van der Waals surface area contributed by atoms with Gasteiger partial charge in [-0.3, -0.25) is 4.79 Å². The topological polar surface area (TPSA) is 94.0 Å². The molecule has 3 N–H and O–H groups in total. The van der Waals surface area contributed by atoms with Gasteiger partial charge in [-0.2, -0.15) is 0 Å². The zero-order chi connectivity index (χ0) is 18.7. The number of thioether (sulfide) groups is 1. The molecular weight excluding hydrogens is 355 g/mol. The Bertz CT molecular complexity index is 941. The van der Waals surface area contributed by atoms with Crippen LogP contribution in [0.5, 0.6) is 0 Å². The van der Waals surface area contributed by atoms with Gasteiger partial charge in [-0.1, -0.05) is 11.8 Å². The number of aromatic nitrogens is 3. The average molecular weight is 372 g/mol. The van der Waals surface area contributed by atoms with Crippen molar-refractivity contribution in [3.63, 3.8) is 0 Å². The summed E-state index contributed by atoms with van der Waals surface area (Å²) in [5.41, 5.74) is 8.89. The first-order valence-corrected chi connectivity index (χ1v) is 8.83. The lowest BCUT2D eigenvalue weighted by molar-refractivity contribution is -0.136. The number of benzene rings is 1. The van der Waals surface area contributed by atoms with E-state index in [1.807, 2.05) is 17.7 Å². The number of anilines is 1. The molecular formula is C18H17FN4O2S. The second-order valence-corrected chi connectivity index (χ2v) is 6.68. The average Bonchev–Trinajstić information content (AvgIpc) is 2.92. The summed E-state index contributed by atoms with van der Waals surface area (Å²) in [6.45, 7) is 0. The normalized spacial score (nSPS) is 10.8. The van der Waals surface area contributed by atoms with Gasteiger partial charge in [0.1, 0.15) is 11.6 Å². The molecule has 26 heavy (non-hydrogen) atoms. The Balaban J connectivity index is 2.08. The number of nitrogens with zero attached hydrogens (tertiary/aromatic N) is 3. The first-order chi connectivity index (χ1) is 12.5. The molecule has 0 saturated carbocycles. The van der Waals surface area contributed by atoms with Crippen molar-refractivity contribution in [3.05, 3.63) is 48.4 Å². The van der Waals surface area contributed by atoms with Crippen molar-refractivity contribution < 1.29 is 14.3 Å². The molecule has 2 aromatic heterocycles. The standard InChI is InChI=1S/C18H17FN4O2S/c1-23-17(12-6-8-21-14(20)10-12)16(11-2-4-13(19)5-3-11)22-18(23)26-9-7-15(24)25/h2-6,8,10H,7,9H2,1H3,(H2,20,21)(H,24,25). The minimum absolute atomic E-state index is 0.0426. The maximum atomic E-state index is 13.3. The van der Waals surface area contributed by atoms with Gasteiger partial charge in [0.15, 0.2) is 5.16 Å². The van der Waals surface area contributed by atoms with Crippen molar-refractivity contribution in [1.82, 2.24) is 14.5 Å². The van der Waals surface area contributed by atoms with Crippen LogP contribution in [0.15, 0.2) is 47.8 Å². The number of hydrogen-bond acceptors (Lipinski definition) is 5. The van der Waals surface area contributed by atoms with Crippen LogP contribution in [0.2, 0.25) is 0 Å². The van der Waals surface area contributed by atoms with E-state index in [0.717, 1.165) is 16.8 Å². The molecule has 0 amide bonds. The highest BCUT2D eigenvalue weighted by atomic mass is 32.2. The molecule has 0 aliphatic heterocycles. The van der Waals surface area contributed by atoms with Crippen LogP contribution < -0.4 is 5.73 Å². The molecule has 0 fully saturated rings. The Labute approximate surface area is 153 Å². The minimum atomic E-state index is -0.854. The third-order valence-electron chi connectivity index (χ3n) is 3.77. The molecule has 1 aromatic carbocycles. The molecule has 0 saturated heterocycles. The first-order valence-electron chi connectivity index (χ1n) is 7.85. The largest absolute Gasteiger partial charge is 0.481 e. The maximum Gasteiger partial charge on any atom is 0.304 e. The van der Waals surface area contributed by atoms with Gasteiger partial charge in [0, 0.05) is 30.1 Å². The van der Waals surface area contributed by atoms with Crippen LogP contribution >= 0.6 is 11.8 Å². The van der Waals surface area contributed by atoms with Gasteiger partial charge in [0.25, 0.3) is 0 Å². The summed E-state index contributed by atoms with van der Waals surface area (Å²) in [5.74, 6) is -0.391. The lowest BCUT2D eigenvalue weighted by atomic mass is 10.1. The molecule has 0 atom stereocenters. The Morgan fingerprint density at radius 1 is 1.27 bits per heavy atom. The van der Waals surface area contributed by atoms with Crippen molar-refractivity contribution in [3.8, 4) is 22.5 Å². The smallest absolute Gasteiger partial charge is 0.304 e. The van der Waals surface area contributed by atoms with Gasteiger partial charge in [-0.05, 0) is 36.4 Å². The van der Waals surface area contributed by atoms with Gasteiger partial charge in [-0.25, -0.2) is 14.4 Å². The molecule has 8 heteroatoms. The third kappa shape index (κ3) is 3.85. The number of imidazole rings is 1. The van der Waals surface area contributed by atoms with Gasteiger partial charge in [-0.15, -0.1) is 0 Å². The number of carboxylic acid groups (broad SMARTS) is 1. The number of carboxylic acids is 1. The number of rotatable bonds is 6. The fraction of sp³-hybridized carbons (Fsp3) is 0.167. The van der Waals surface area contributed by atoms with Gasteiger partial charge >= 0.3 is 5.97 Å². The summed E-state index contributed by atoms with van der Waals surface area (Å²) in [6, 6.07) is 9.66. The first kappa shape index (κ1) is 17.9. The fourth-order valence-corrected chi connectivity index (χ4v) is 3.47. The molecule has 0 bridgehead atoms. The van der Waals surface area contributed by atoms with Crippen LogP contribution in [-0.2, 0) is 11.8 Å². The number of hydrogen-bond donors (Lipinski definition) is 2. The zero-order valence-electron chi connectivity index (χ0n) is 14.0. The lowest BCUT2D eigenvalue weighted by Gasteiger charge is -2.08. The van der Waals surface area contributed by atoms with E-state index in [4.69, 9.17) is 10.8 Å². The van der Waals surface area contributed by atoms with Crippen molar-refractivity contribution in [2.75, 3.05) is 11.5 Å². The Hall–Kier alpha value is -2.87. The number of nitrogens with two attached hydrogens (primary N) is 1. The molecule has 0 radical (unpaired) electrons. The second kappa shape index (κ2) is 7.57. The summed E-state index contributed by atoms with van der Waals surface area (Å²) in [7, 11) is 1.86. The van der Waals surface area contributed by atoms with E-state index >= 15 is 0 Å². The van der Waals surface area contributed by atoms with Crippen molar-refractivity contribution in [2.45, 2.75) is 11.6 Å². The van der Waals surface area contributed by atoms with Crippen molar-refractivity contribution in [2.24, 2.45) is 7.05 Å². The van der Waals surface area contributed by atoms with E-state index in [1.165, 1.54) is 23.9 Å². The fourth-order valence-electron chi connectivity index (χ4n) is 2.57. The number of carbonyl (C=O) groups is 1. The highest BCUT2D eigenvalue weighted by Crippen LogP contribution is 2.35. The molecule has 2 heterocycles. The van der Waals surface area contributed by atoms with E-state index < -0.39 is 5.97 Å². The van der Waals surface area contributed by atoms with E-state index in [2.05, 4.69) is 9.97 Å². The third-order valence-corrected chi connectivity index (χ3v) is 4.80. The number of halogens is 1. The van der Waals surface area contributed by atoms with Crippen molar-refractivity contribution >= 4 is 23.5 Å². The van der Waals surface area contributed by atoms with E-state index in [9.17, 15) is 9.18 Å². The molecule has 3 rings (SSSR count). The van der Waals surface area contributed by atoms with Gasteiger partial charge in [0.05, 0.1) is 17.8 Å². The quantitative estimate of drug-likeness (QED) is 0.644. The highest BCUT2D eigenvalue weighted by molar-refractivity contribution is 7.99. The number of aliphatic carboxylic acids is 1.